The van der Waals surface area contributed by atoms with Crippen LogP contribution in [-0.2, 0) is 9.14 Å². The van der Waals surface area contributed by atoms with Crippen molar-refractivity contribution in [3.63, 3.8) is 0 Å². The van der Waals surface area contributed by atoms with Gasteiger partial charge in [0.2, 0.25) is 0 Å². The Bertz CT molecular complexity index is 110. The molecule has 2 nitrogen and oxygen atoms in total. The minimum Gasteiger partial charge on any atom is -0.476 e. The number of hydrogen-bond acceptors (Lipinski definition) is 2. The summed E-state index contributed by atoms with van der Waals surface area (Å²) in [6.45, 7) is 6.90. The summed E-state index contributed by atoms with van der Waals surface area (Å²) in [5.41, 5.74) is 0. The zero-order chi connectivity index (χ0) is 8.27. The van der Waals surface area contributed by atoms with Crippen LogP contribution >= 0.6 is 0 Å². The Morgan fingerprint density at radius 2 is 1.36 bits per heavy atom. The van der Waals surface area contributed by atoms with Crippen molar-refractivity contribution < 1.29 is 9.14 Å². The Balaban J connectivity index is 2.34. The van der Waals surface area contributed by atoms with Gasteiger partial charge in [-0.3, -0.25) is 0 Å². The topological polar surface area (TPSA) is 18.5 Å². The largest absolute Gasteiger partial charge is 0.476 e. The molecular weight excluding hydrogens is 136 g/mol. The molecular formula is C6H15B3O2. The average Bonchev–Trinajstić information content (AvgIpc) is 1.83. The van der Waals surface area contributed by atoms with E-state index in [1.165, 1.54) is 6.42 Å². The molecule has 0 N–H and O–H groups in total. The van der Waals surface area contributed by atoms with Gasteiger partial charge in [0, 0.05) is 0 Å². The molecule has 0 aromatic rings. The fourth-order valence-corrected chi connectivity index (χ4v) is 1.52. The van der Waals surface area contributed by atoms with Crippen LogP contribution in [0.1, 0.15) is 6.42 Å². The van der Waals surface area contributed by atoms with Crippen LogP contribution in [0, 0.1) is 0 Å². The molecule has 1 aliphatic rings. The monoisotopic (exact) mass is 152 g/mol. The van der Waals surface area contributed by atoms with E-state index in [4.69, 9.17) is 9.14 Å². The van der Waals surface area contributed by atoms with Crippen LogP contribution in [-0.4, -0.2) is 20.9 Å². The molecule has 11 heavy (non-hydrogen) atoms. The normalized spacial score (nSPS) is 21.5. The van der Waals surface area contributed by atoms with Crippen LogP contribution in [0.4, 0.5) is 0 Å². The van der Waals surface area contributed by atoms with Gasteiger partial charge in [-0.25, -0.2) is 0 Å². The van der Waals surface area contributed by atoms with Gasteiger partial charge in [0.15, 0.2) is 0 Å². The molecule has 0 aliphatic carbocycles. The van der Waals surface area contributed by atoms with Crippen LogP contribution in [0.25, 0.3) is 0 Å². The quantitative estimate of drug-likeness (QED) is 0.492. The van der Waals surface area contributed by atoms with Gasteiger partial charge >= 0.3 is 7.12 Å². The fraction of sp³-hybridized carbons (Fsp3) is 1.00. The zero-order valence-corrected chi connectivity index (χ0v) is 7.67. The summed E-state index contributed by atoms with van der Waals surface area (Å²) in [5, 5.41) is 0. The second-order valence-corrected chi connectivity index (χ2v) is 3.39. The van der Waals surface area contributed by atoms with Crippen molar-refractivity contribution in [2.75, 3.05) is 0 Å². The van der Waals surface area contributed by atoms with Gasteiger partial charge in [-0.05, 0) is 19.5 Å². The van der Waals surface area contributed by atoms with Crippen molar-refractivity contribution in [1.82, 2.24) is 0 Å². The molecule has 1 fully saturated rings. The molecule has 0 atom stereocenters. The van der Waals surface area contributed by atoms with Crippen LogP contribution in [0.3, 0.4) is 0 Å². The summed E-state index contributed by atoms with van der Waals surface area (Å²) in [6, 6.07) is 0. The van der Waals surface area contributed by atoms with Crippen molar-refractivity contribution in [3.05, 3.63) is 0 Å². The van der Waals surface area contributed by atoms with E-state index in [0.717, 1.165) is 12.6 Å². The van der Waals surface area contributed by atoms with Gasteiger partial charge in [0.05, 0.1) is 0 Å². The number of hydrogen-bond donors (Lipinski definition) is 0. The molecule has 5 heteroatoms. The first-order valence-corrected chi connectivity index (χ1v) is 4.49. The van der Waals surface area contributed by atoms with Gasteiger partial charge in [-0.2, -0.15) is 0 Å². The fourth-order valence-electron chi connectivity index (χ4n) is 1.52. The maximum atomic E-state index is 5.54. The smallest absolute Gasteiger partial charge is 0.422 e. The molecule has 1 heterocycles. The van der Waals surface area contributed by atoms with Crippen molar-refractivity contribution in [2.45, 2.75) is 39.5 Å². The van der Waals surface area contributed by atoms with E-state index in [0.29, 0.717) is 13.8 Å². The van der Waals surface area contributed by atoms with Crippen molar-refractivity contribution >= 4 is 20.9 Å². The van der Waals surface area contributed by atoms with Crippen molar-refractivity contribution in [3.8, 4) is 0 Å². The van der Waals surface area contributed by atoms with Gasteiger partial charge in [-0.15, -0.1) is 0 Å². The third kappa shape index (κ3) is 3.34. The van der Waals surface area contributed by atoms with E-state index in [1.807, 2.05) is 6.82 Å². The average molecular weight is 152 g/mol. The third-order valence-corrected chi connectivity index (χ3v) is 2.07. The predicted octanol–water partition coefficient (Wildman–Crippen LogP) is 1.78. The van der Waals surface area contributed by atoms with E-state index in [9.17, 15) is 0 Å². The molecule has 1 aliphatic heterocycles. The predicted molar refractivity (Wildman–Crippen MR) is 51.3 cm³/mol. The molecule has 1 rings (SSSR count). The lowest BCUT2D eigenvalue weighted by molar-refractivity contribution is 0.433. The minimum absolute atomic E-state index is 0.0275. The summed E-state index contributed by atoms with van der Waals surface area (Å²) in [5.74, 6) is 0. The second kappa shape index (κ2) is 4.22. The summed E-state index contributed by atoms with van der Waals surface area (Å²) in [4.78, 5) is 0. The third-order valence-electron chi connectivity index (χ3n) is 2.07. The SMILES string of the molecule is CB1CCCB(C)OB(C)O1. The first-order valence-electron chi connectivity index (χ1n) is 4.49. The minimum atomic E-state index is -0.0275. The van der Waals surface area contributed by atoms with E-state index >= 15 is 0 Å². The highest BCUT2D eigenvalue weighted by Gasteiger charge is 2.24. The molecule has 0 saturated carbocycles. The Hall–Kier alpha value is 0.115. The Kier molecular flexibility index (Phi) is 3.53. The van der Waals surface area contributed by atoms with E-state index < -0.39 is 0 Å². The van der Waals surface area contributed by atoms with Crippen LogP contribution in [0.5, 0.6) is 0 Å². The first-order chi connectivity index (χ1) is 5.18. The second-order valence-electron chi connectivity index (χ2n) is 3.39. The highest BCUT2D eigenvalue weighted by atomic mass is 16.6. The molecule has 1 saturated heterocycles. The van der Waals surface area contributed by atoms with Crippen molar-refractivity contribution in [2.24, 2.45) is 0 Å². The summed E-state index contributed by atoms with van der Waals surface area (Å²) in [7, 11) is -0.0275. The maximum Gasteiger partial charge on any atom is 0.422 e. The van der Waals surface area contributed by atoms with Gasteiger partial charge in [-0.1, -0.05) is 20.1 Å². The molecule has 0 aromatic heterocycles. The summed E-state index contributed by atoms with van der Waals surface area (Å²) < 4.78 is 11.1. The first kappa shape index (κ1) is 9.20. The molecule has 0 spiro atoms. The zero-order valence-electron chi connectivity index (χ0n) is 7.67. The van der Waals surface area contributed by atoms with Crippen LogP contribution in [0.15, 0.2) is 0 Å². The van der Waals surface area contributed by atoms with E-state index in [2.05, 4.69) is 13.6 Å². The van der Waals surface area contributed by atoms with Gasteiger partial charge in [0.1, 0.15) is 0 Å². The lowest BCUT2D eigenvalue weighted by Crippen LogP contribution is -2.34. The molecule has 0 radical (unpaired) electrons. The van der Waals surface area contributed by atoms with Gasteiger partial charge in [0.25, 0.3) is 13.8 Å². The molecule has 0 amide bonds. The molecule has 60 valence electrons. The highest BCUT2D eigenvalue weighted by molar-refractivity contribution is 6.68. The summed E-state index contributed by atoms with van der Waals surface area (Å²) in [6.07, 6.45) is 3.55. The number of rotatable bonds is 0. The molecule has 0 unspecified atom stereocenters. The lowest BCUT2D eigenvalue weighted by atomic mass is 9.55. The Morgan fingerprint density at radius 3 is 1.82 bits per heavy atom. The maximum absolute atomic E-state index is 5.54. The Morgan fingerprint density at radius 1 is 0.909 bits per heavy atom. The Labute approximate surface area is 70.4 Å². The van der Waals surface area contributed by atoms with E-state index in [1.54, 1.807) is 0 Å². The highest BCUT2D eigenvalue weighted by Crippen LogP contribution is 2.13. The summed E-state index contributed by atoms with van der Waals surface area (Å²) >= 11 is 0. The van der Waals surface area contributed by atoms with Crippen molar-refractivity contribution in [1.29, 1.82) is 0 Å². The molecule has 0 aromatic carbocycles. The van der Waals surface area contributed by atoms with Crippen LogP contribution in [0.2, 0.25) is 33.1 Å². The van der Waals surface area contributed by atoms with Gasteiger partial charge < -0.3 is 9.14 Å². The van der Waals surface area contributed by atoms with Crippen LogP contribution < -0.4 is 0 Å². The van der Waals surface area contributed by atoms with E-state index in [-0.39, 0.29) is 7.12 Å². The molecule has 0 bridgehead atoms. The standard InChI is InChI=1S/C6H15B3O2/c1-7-5-4-6-8(2)11-9(3)10-7/h4-6H2,1-3H3. The lowest BCUT2D eigenvalue weighted by Gasteiger charge is -2.21.